The van der Waals surface area contributed by atoms with Crippen molar-refractivity contribution in [3.05, 3.63) is 0 Å². The predicted molar refractivity (Wildman–Crippen MR) is 42.5 cm³/mol. The van der Waals surface area contributed by atoms with Gasteiger partial charge in [0.1, 0.15) is 0 Å². The summed E-state index contributed by atoms with van der Waals surface area (Å²) in [6.45, 7) is 6.82. The van der Waals surface area contributed by atoms with Crippen molar-refractivity contribution in [2.45, 2.75) is 20.8 Å². The van der Waals surface area contributed by atoms with Gasteiger partial charge in [0.2, 0.25) is 0 Å². The molecule has 0 aromatic rings. The molecule has 0 N–H and O–H groups in total. The van der Waals surface area contributed by atoms with E-state index in [9.17, 15) is 4.79 Å². The number of amides is 1. The molecule has 0 saturated heterocycles. The SMILES string of the molecule is CC(=O)[N+](C)(C)CC(C)C. The normalized spacial score (nSPS) is 12.2. The lowest BCUT2D eigenvalue weighted by molar-refractivity contribution is -0.816. The topological polar surface area (TPSA) is 17.1 Å². The van der Waals surface area contributed by atoms with Crippen LogP contribution < -0.4 is 0 Å². The molecule has 0 rings (SSSR count). The zero-order valence-electron chi connectivity index (χ0n) is 7.64. The van der Waals surface area contributed by atoms with Crippen molar-refractivity contribution in [1.29, 1.82) is 0 Å². The number of quaternary nitrogens is 1. The van der Waals surface area contributed by atoms with Crippen molar-refractivity contribution in [2.75, 3.05) is 20.6 Å². The molecule has 2 nitrogen and oxygen atoms in total. The van der Waals surface area contributed by atoms with Crippen molar-refractivity contribution in [3.63, 3.8) is 0 Å². The zero-order chi connectivity index (χ0) is 8.36. The van der Waals surface area contributed by atoms with Crippen LogP contribution in [0.5, 0.6) is 0 Å². The van der Waals surface area contributed by atoms with E-state index in [0.29, 0.717) is 10.4 Å². The molecular weight excluding hydrogens is 126 g/mol. The van der Waals surface area contributed by atoms with Crippen LogP contribution in [-0.4, -0.2) is 31.0 Å². The fraction of sp³-hybridized carbons (Fsp3) is 0.875. The summed E-state index contributed by atoms with van der Waals surface area (Å²) < 4.78 is 0.498. The molecule has 0 fully saturated rings. The highest BCUT2D eigenvalue weighted by Gasteiger charge is 2.22. The highest BCUT2D eigenvalue weighted by molar-refractivity contribution is 5.65. The van der Waals surface area contributed by atoms with E-state index in [0.717, 1.165) is 6.54 Å². The van der Waals surface area contributed by atoms with Gasteiger partial charge in [0.15, 0.2) is 0 Å². The number of carbonyl (C=O) groups is 1. The maximum absolute atomic E-state index is 11.0. The second kappa shape index (κ2) is 3.15. The maximum Gasteiger partial charge on any atom is 0.310 e. The van der Waals surface area contributed by atoms with Crippen molar-refractivity contribution < 1.29 is 9.28 Å². The van der Waals surface area contributed by atoms with Crippen LogP contribution in [0.1, 0.15) is 20.8 Å². The Morgan fingerprint density at radius 1 is 1.40 bits per heavy atom. The molecule has 2 heteroatoms. The molecule has 0 aromatic carbocycles. The third-order valence-corrected chi connectivity index (χ3v) is 1.67. The van der Waals surface area contributed by atoms with Crippen LogP contribution in [0.2, 0.25) is 0 Å². The quantitative estimate of drug-likeness (QED) is 0.533. The molecule has 0 bridgehead atoms. The van der Waals surface area contributed by atoms with Gasteiger partial charge in [-0.3, -0.25) is 4.48 Å². The number of hydrogen-bond acceptors (Lipinski definition) is 1. The number of hydrogen-bond donors (Lipinski definition) is 0. The van der Waals surface area contributed by atoms with Crippen LogP contribution in [-0.2, 0) is 4.79 Å². The summed E-state index contributed by atoms with van der Waals surface area (Å²) in [5, 5.41) is 0. The van der Waals surface area contributed by atoms with E-state index < -0.39 is 0 Å². The van der Waals surface area contributed by atoms with Crippen molar-refractivity contribution in [2.24, 2.45) is 5.92 Å². The molecule has 0 saturated carbocycles. The Bertz CT molecular complexity index is 127. The van der Waals surface area contributed by atoms with E-state index in [-0.39, 0.29) is 5.91 Å². The van der Waals surface area contributed by atoms with E-state index in [1.165, 1.54) is 0 Å². The van der Waals surface area contributed by atoms with E-state index in [1.54, 1.807) is 6.92 Å². The number of carbonyl (C=O) groups excluding carboxylic acids is 1. The molecular formula is C8H18NO+. The van der Waals surface area contributed by atoms with Crippen LogP contribution in [0.4, 0.5) is 0 Å². The third kappa shape index (κ3) is 2.97. The Hall–Kier alpha value is -0.370. The van der Waals surface area contributed by atoms with Crippen LogP contribution in [0.3, 0.4) is 0 Å². The lowest BCUT2D eigenvalue weighted by Crippen LogP contribution is -2.46. The molecule has 0 aromatic heterocycles. The molecule has 10 heavy (non-hydrogen) atoms. The molecule has 0 aliphatic carbocycles. The van der Waals surface area contributed by atoms with Gasteiger partial charge in [-0.2, -0.15) is 0 Å². The Labute approximate surface area is 63.4 Å². The van der Waals surface area contributed by atoms with Gasteiger partial charge in [-0.1, -0.05) is 13.8 Å². The Balaban J connectivity index is 4.00. The summed E-state index contributed by atoms with van der Waals surface area (Å²) in [5.41, 5.74) is 0. The average Bonchev–Trinajstić information content (AvgIpc) is 1.60. The first-order valence-electron chi connectivity index (χ1n) is 3.70. The van der Waals surface area contributed by atoms with Gasteiger partial charge >= 0.3 is 5.91 Å². The van der Waals surface area contributed by atoms with Gasteiger partial charge < -0.3 is 0 Å². The fourth-order valence-corrected chi connectivity index (χ4v) is 1.04. The molecule has 0 atom stereocenters. The first kappa shape index (κ1) is 9.63. The molecule has 0 unspecified atom stereocenters. The first-order valence-corrected chi connectivity index (χ1v) is 3.70. The van der Waals surface area contributed by atoms with Crippen molar-refractivity contribution >= 4 is 5.91 Å². The van der Waals surface area contributed by atoms with Gasteiger partial charge in [-0.05, 0) is 0 Å². The largest absolute Gasteiger partial charge is 0.310 e. The smallest absolute Gasteiger partial charge is 0.265 e. The Morgan fingerprint density at radius 2 is 1.80 bits per heavy atom. The summed E-state index contributed by atoms with van der Waals surface area (Å²) in [6.07, 6.45) is 0. The minimum atomic E-state index is 0.230. The van der Waals surface area contributed by atoms with Crippen LogP contribution in [0.15, 0.2) is 0 Å². The standard InChI is InChI=1S/C8H18NO/c1-7(2)6-9(4,5)8(3)10/h7H,6H2,1-5H3/q+1. The van der Waals surface area contributed by atoms with E-state index in [4.69, 9.17) is 0 Å². The predicted octanol–water partition coefficient (Wildman–Crippen LogP) is 1.27. The average molecular weight is 144 g/mol. The summed E-state index contributed by atoms with van der Waals surface area (Å²) in [5.74, 6) is 0.813. The maximum atomic E-state index is 11.0. The molecule has 0 heterocycles. The van der Waals surface area contributed by atoms with Crippen molar-refractivity contribution in [1.82, 2.24) is 0 Å². The zero-order valence-corrected chi connectivity index (χ0v) is 7.64. The summed E-state index contributed by atoms with van der Waals surface area (Å²) in [4.78, 5) is 11.0. The van der Waals surface area contributed by atoms with E-state index in [2.05, 4.69) is 13.8 Å². The van der Waals surface area contributed by atoms with Crippen LogP contribution in [0, 0.1) is 5.92 Å². The molecule has 1 amide bonds. The van der Waals surface area contributed by atoms with Gasteiger partial charge in [-0.15, -0.1) is 0 Å². The van der Waals surface area contributed by atoms with Crippen molar-refractivity contribution in [3.8, 4) is 0 Å². The lowest BCUT2D eigenvalue weighted by Gasteiger charge is -2.26. The lowest BCUT2D eigenvalue weighted by atomic mass is 10.2. The van der Waals surface area contributed by atoms with Gasteiger partial charge in [0.25, 0.3) is 0 Å². The van der Waals surface area contributed by atoms with E-state index >= 15 is 0 Å². The number of nitrogens with zero attached hydrogens (tertiary/aromatic N) is 1. The molecule has 0 spiro atoms. The second-order valence-electron chi connectivity index (χ2n) is 3.78. The van der Waals surface area contributed by atoms with Gasteiger partial charge in [0, 0.05) is 5.92 Å². The highest BCUT2D eigenvalue weighted by Crippen LogP contribution is 2.04. The monoisotopic (exact) mass is 144 g/mol. The summed E-state index contributed by atoms with van der Waals surface area (Å²) in [7, 11) is 3.89. The molecule has 60 valence electrons. The molecule has 0 radical (unpaired) electrons. The van der Waals surface area contributed by atoms with Gasteiger partial charge in [0.05, 0.1) is 27.6 Å². The highest BCUT2D eigenvalue weighted by atomic mass is 16.2. The van der Waals surface area contributed by atoms with Crippen LogP contribution in [0.25, 0.3) is 0 Å². The minimum Gasteiger partial charge on any atom is -0.265 e. The minimum absolute atomic E-state index is 0.230. The summed E-state index contributed by atoms with van der Waals surface area (Å²) >= 11 is 0. The second-order valence-corrected chi connectivity index (χ2v) is 3.78. The Morgan fingerprint density at radius 3 is 1.90 bits per heavy atom. The first-order chi connectivity index (χ1) is 4.36. The fourth-order valence-electron chi connectivity index (χ4n) is 1.04. The van der Waals surface area contributed by atoms with E-state index in [1.807, 2.05) is 14.1 Å². The molecule has 0 aliphatic rings. The summed E-state index contributed by atoms with van der Waals surface area (Å²) in [6, 6.07) is 0. The molecule has 0 aliphatic heterocycles. The van der Waals surface area contributed by atoms with Gasteiger partial charge in [-0.25, -0.2) is 4.79 Å². The number of rotatable bonds is 2. The van der Waals surface area contributed by atoms with Crippen LogP contribution >= 0.6 is 0 Å². The Kier molecular flexibility index (Phi) is 3.03. The third-order valence-electron chi connectivity index (χ3n) is 1.67.